The number of esters is 1. The van der Waals surface area contributed by atoms with Crippen LogP contribution in [0.1, 0.15) is 52.5 Å². The maximum absolute atomic E-state index is 12.6. The molecule has 152 valence electrons. The van der Waals surface area contributed by atoms with E-state index in [0.717, 1.165) is 5.56 Å². The van der Waals surface area contributed by atoms with Gasteiger partial charge < -0.3 is 14.8 Å². The SMILES string of the molecule is CC(C)C[C@H](NC(=O)OCc1ccccc1)C(=O)OC1=CC(=O)CC(C)(C)C1. The first-order valence-corrected chi connectivity index (χ1v) is 9.57. The van der Waals surface area contributed by atoms with Crippen molar-refractivity contribution in [1.82, 2.24) is 5.32 Å². The number of benzene rings is 1. The van der Waals surface area contributed by atoms with Gasteiger partial charge in [0.1, 0.15) is 18.4 Å². The van der Waals surface area contributed by atoms with E-state index in [4.69, 9.17) is 9.47 Å². The van der Waals surface area contributed by atoms with Crippen LogP contribution in [-0.2, 0) is 25.7 Å². The molecule has 0 fully saturated rings. The number of rotatable bonds is 7. The predicted molar refractivity (Wildman–Crippen MR) is 105 cm³/mol. The minimum Gasteiger partial charge on any atom is -0.445 e. The van der Waals surface area contributed by atoms with Crippen LogP contribution in [-0.4, -0.2) is 23.9 Å². The van der Waals surface area contributed by atoms with E-state index >= 15 is 0 Å². The van der Waals surface area contributed by atoms with Gasteiger partial charge in [0.2, 0.25) is 0 Å². The predicted octanol–water partition coefficient (Wildman–Crippen LogP) is 4.14. The molecule has 28 heavy (non-hydrogen) atoms. The van der Waals surface area contributed by atoms with Crippen LogP contribution in [0.15, 0.2) is 42.2 Å². The third-order valence-corrected chi connectivity index (χ3v) is 4.36. The van der Waals surface area contributed by atoms with Crippen molar-refractivity contribution in [3.8, 4) is 0 Å². The second kappa shape index (κ2) is 9.53. The van der Waals surface area contributed by atoms with E-state index in [1.165, 1.54) is 6.08 Å². The second-order valence-electron chi connectivity index (χ2n) is 8.40. The molecule has 0 saturated heterocycles. The molecule has 1 aromatic rings. The molecule has 1 N–H and O–H groups in total. The summed E-state index contributed by atoms with van der Waals surface area (Å²) in [5.74, 6) is -0.137. The number of hydrogen-bond donors (Lipinski definition) is 1. The third kappa shape index (κ3) is 7.18. The molecule has 0 spiro atoms. The van der Waals surface area contributed by atoms with Crippen LogP contribution in [0.25, 0.3) is 0 Å². The lowest BCUT2D eigenvalue weighted by molar-refractivity contribution is -0.143. The molecule has 0 heterocycles. The number of alkyl carbamates (subject to hydrolysis) is 1. The first-order chi connectivity index (χ1) is 13.1. The van der Waals surface area contributed by atoms with Gasteiger partial charge in [-0.25, -0.2) is 9.59 Å². The molecule has 1 aliphatic rings. The van der Waals surface area contributed by atoms with Gasteiger partial charge in [0, 0.05) is 18.9 Å². The highest BCUT2D eigenvalue weighted by atomic mass is 16.6. The fourth-order valence-electron chi connectivity index (χ4n) is 3.15. The van der Waals surface area contributed by atoms with Gasteiger partial charge in [-0.2, -0.15) is 0 Å². The molecular formula is C22H29NO5. The molecule has 0 saturated carbocycles. The summed E-state index contributed by atoms with van der Waals surface area (Å²) in [6, 6.07) is 8.45. The van der Waals surface area contributed by atoms with Gasteiger partial charge in [-0.3, -0.25) is 4.79 Å². The average molecular weight is 387 g/mol. The van der Waals surface area contributed by atoms with Crippen molar-refractivity contribution in [2.75, 3.05) is 0 Å². The molecule has 6 heteroatoms. The lowest BCUT2D eigenvalue weighted by atomic mass is 9.79. The molecule has 2 rings (SSSR count). The summed E-state index contributed by atoms with van der Waals surface area (Å²) in [5, 5.41) is 2.59. The molecule has 0 aromatic heterocycles. The van der Waals surface area contributed by atoms with Crippen molar-refractivity contribution >= 4 is 17.8 Å². The zero-order chi connectivity index (χ0) is 20.7. The van der Waals surface area contributed by atoms with Gasteiger partial charge in [0.15, 0.2) is 5.78 Å². The van der Waals surface area contributed by atoms with Gasteiger partial charge in [0.25, 0.3) is 0 Å². The molecule has 1 aliphatic carbocycles. The number of ether oxygens (including phenoxy) is 2. The number of hydrogen-bond acceptors (Lipinski definition) is 5. The van der Waals surface area contributed by atoms with Crippen LogP contribution in [0.4, 0.5) is 4.79 Å². The minimum absolute atomic E-state index is 0.0605. The average Bonchev–Trinajstić information content (AvgIpc) is 2.58. The van der Waals surface area contributed by atoms with Gasteiger partial charge in [-0.15, -0.1) is 0 Å². The summed E-state index contributed by atoms with van der Waals surface area (Å²) in [4.78, 5) is 36.6. The fourth-order valence-corrected chi connectivity index (χ4v) is 3.15. The zero-order valence-corrected chi connectivity index (χ0v) is 17.0. The third-order valence-electron chi connectivity index (χ3n) is 4.36. The number of allylic oxidation sites excluding steroid dienone is 2. The monoisotopic (exact) mass is 387 g/mol. The van der Waals surface area contributed by atoms with Gasteiger partial charge in [-0.1, -0.05) is 58.0 Å². The van der Waals surface area contributed by atoms with Crippen LogP contribution in [0.2, 0.25) is 0 Å². The molecule has 1 aromatic carbocycles. The molecule has 0 bridgehead atoms. The molecule has 1 atom stereocenters. The van der Waals surface area contributed by atoms with Gasteiger partial charge >= 0.3 is 12.1 Å². The Labute approximate surface area is 166 Å². The number of carbonyl (C=O) groups is 3. The molecule has 6 nitrogen and oxygen atoms in total. The maximum atomic E-state index is 12.6. The summed E-state index contributed by atoms with van der Waals surface area (Å²) in [6.07, 6.45) is 2.03. The summed E-state index contributed by atoms with van der Waals surface area (Å²) in [5.41, 5.74) is 0.602. The standard InChI is InChI=1S/C22H29NO5/c1-15(2)10-19(23-21(26)27-14-16-8-6-5-7-9-16)20(25)28-18-11-17(24)12-22(3,4)13-18/h5-9,11,15,19H,10,12-14H2,1-4H3,(H,23,26)/t19-/m0/s1. The van der Waals surface area contributed by atoms with E-state index in [9.17, 15) is 14.4 Å². The topological polar surface area (TPSA) is 81.7 Å². The Morgan fingerprint density at radius 1 is 1.14 bits per heavy atom. The first kappa shape index (κ1) is 21.7. The largest absolute Gasteiger partial charge is 0.445 e. The summed E-state index contributed by atoms with van der Waals surface area (Å²) >= 11 is 0. The molecule has 0 aliphatic heterocycles. The Bertz CT molecular complexity index is 737. The summed E-state index contributed by atoms with van der Waals surface area (Å²) in [7, 11) is 0. The number of nitrogens with one attached hydrogen (secondary N) is 1. The van der Waals surface area contributed by atoms with Crippen molar-refractivity contribution in [1.29, 1.82) is 0 Å². The van der Waals surface area contributed by atoms with E-state index in [-0.39, 0.29) is 23.7 Å². The Hall–Kier alpha value is -2.63. The van der Waals surface area contributed by atoms with Crippen LogP contribution in [0.5, 0.6) is 0 Å². The normalized spacial score (nSPS) is 16.9. The van der Waals surface area contributed by atoms with E-state index in [2.05, 4.69) is 5.32 Å². The van der Waals surface area contributed by atoms with Crippen LogP contribution >= 0.6 is 0 Å². The maximum Gasteiger partial charge on any atom is 0.408 e. The zero-order valence-electron chi connectivity index (χ0n) is 17.0. The molecule has 0 unspecified atom stereocenters. The lowest BCUT2D eigenvalue weighted by Gasteiger charge is -2.29. The van der Waals surface area contributed by atoms with E-state index in [1.807, 2.05) is 58.0 Å². The van der Waals surface area contributed by atoms with Crippen molar-refractivity contribution in [2.45, 2.75) is 59.6 Å². The highest BCUT2D eigenvalue weighted by Gasteiger charge is 2.31. The molecular weight excluding hydrogens is 358 g/mol. The summed E-state index contributed by atoms with van der Waals surface area (Å²) < 4.78 is 10.7. The van der Waals surface area contributed by atoms with Gasteiger partial charge in [0.05, 0.1) is 0 Å². The number of amides is 1. The van der Waals surface area contributed by atoms with Gasteiger partial charge in [-0.05, 0) is 23.3 Å². The van der Waals surface area contributed by atoms with E-state index in [0.29, 0.717) is 25.0 Å². The summed E-state index contributed by atoms with van der Waals surface area (Å²) in [6.45, 7) is 7.92. The smallest absolute Gasteiger partial charge is 0.408 e. The van der Waals surface area contributed by atoms with Crippen LogP contribution < -0.4 is 5.32 Å². The number of carbonyl (C=O) groups excluding carboxylic acids is 3. The minimum atomic E-state index is -0.843. The first-order valence-electron chi connectivity index (χ1n) is 9.57. The Kier molecular flexibility index (Phi) is 7.38. The van der Waals surface area contributed by atoms with Crippen LogP contribution in [0, 0.1) is 11.3 Å². The van der Waals surface area contributed by atoms with E-state index < -0.39 is 18.1 Å². The number of ketones is 1. The van der Waals surface area contributed by atoms with Crippen molar-refractivity contribution in [3.05, 3.63) is 47.7 Å². The highest BCUT2D eigenvalue weighted by Crippen LogP contribution is 2.34. The van der Waals surface area contributed by atoms with Crippen molar-refractivity contribution in [3.63, 3.8) is 0 Å². The highest BCUT2D eigenvalue weighted by molar-refractivity contribution is 5.92. The second-order valence-corrected chi connectivity index (χ2v) is 8.40. The Morgan fingerprint density at radius 2 is 1.82 bits per heavy atom. The van der Waals surface area contributed by atoms with Crippen molar-refractivity contribution in [2.24, 2.45) is 11.3 Å². The van der Waals surface area contributed by atoms with Crippen molar-refractivity contribution < 1.29 is 23.9 Å². The Balaban J connectivity index is 1.96. The Morgan fingerprint density at radius 3 is 2.43 bits per heavy atom. The molecule has 1 amide bonds. The van der Waals surface area contributed by atoms with E-state index in [1.54, 1.807) is 0 Å². The van der Waals surface area contributed by atoms with Crippen LogP contribution in [0.3, 0.4) is 0 Å². The molecule has 0 radical (unpaired) electrons. The fraction of sp³-hybridized carbons (Fsp3) is 0.500. The lowest BCUT2D eigenvalue weighted by Crippen LogP contribution is -2.43. The quantitative estimate of drug-likeness (QED) is 0.711.